The third kappa shape index (κ3) is 7.06. The zero-order valence-corrected chi connectivity index (χ0v) is 25.0. The second-order valence-corrected chi connectivity index (χ2v) is 11.7. The number of hydrogen-bond donors (Lipinski definition) is 1. The first kappa shape index (κ1) is 33.4. The lowest BCUT2D eigenvalue weighted by molar-refractivity contribution is -0.414. The summed E-state index contributed by atoms with van der Waals surface area (Å²) in [6.45, 7) is 4.74. The van der Waals surface area contributed by atoms with Crippen LogP contribution in [0.15, 0.2) is 72.8 Å². The van der Waals surface area contributed by atoms with Gasteiger partial charge in [0.2, 0.25) is 0 Å². The average molecular weight is 649 g/mol. The summed E-state index contributed by atoms with van der Waals surface area (Å²) in [5, 5.41) is 11.0. The van der Waals surface area contributed by atoms with Crippen LogP contribution in [0.1, 0.15) is 50.7 Å². The highest BCUT2D eigenvalue weighted by molar-refractivity contribution is 5.66. The molecule has 0 bridgehead atoms. The van der Waals surface area contributed by atoms with Gasteiger partial charge in [-0.05, 0) is 59.5 Å². The molecule has 0 atom stereocenters. The standard InChI is InChI=1S/C35H31F7O4/c1-3-4-5-14-33(2)19-44-35(43,45-20-33)24-9-6-21(7-10-24)22-8-13-27(29(37)15-22)34(41,42)46-25-11-12-26(28(36)18-25)23-16-30(38)32(40)31(39)17-23/h6-13,15-18,43H,3-5,14,19-20H2,1-2H3. The normalized spacial score (nSPS) is 20.1. The summed E-state index contributed by atoms with van der Waals surface area (Å²) in [6, 6.07) is 12.6. The number of unbranched alkanes of at least 4 members (excludes halogenated alkanes) is 2. The molecule has 0 radical (unpaired) electrons. The molecule has 4 aromatic carbocycles. The van der Waals surface area contributed by atoms with Gasteiger partial charge < -0.3 is 19.3 Å². The van der Waals surface area contributed by atoms with Gasteiger partial charge in [0.1, 0.15) is 17.4 Å². The predicted molar refractivity (Wildman–Crippen MR) is 156 cm³/mol. The third-order valence-corrected chi connectivity index (χ3v) is 7.96. The zero-order valence-electron chi connectivity index (χ0n) is 25.0. The second-order valence-electron chi connectivity index (χ2n) is 11.7. The number of rotatable bonds is 10. The first-order valence-corrected chi connectivity index (χ1v) is 14.7. The highest BCUT2D eigenvalue weighted by Crippen LogP contribution is 2.40. The summed E-state index contributed by atoms with van der Waals surface area (Å²) in [6.07, 6.45) is -0.137. The van der Waals surface area contributed by atoms with Gasteiger partial charge in [-0.3, -0.25) is 0 Å². The maximum atomic E-state index is 15.0. The van der Waals surface area contributed by atoms with Gasteiger partial charge in [0.05, 0.1) is 18.8 Å². The summed E-state index contributed by atoms with van der Waals surface area (Å²) in [5.41, 5.74) is -1.10. The van der Waals surface area contributed by atoms with E-state index >= 15 is 13.2 Å². The minimum absolute atomic E-state index is 0.227. The van der Waals surface area contributed by atoms with Gasteiger partial charge in [-0.2, -0.15) is 8.78 Å². The molecule has 0 aromatic heterocycles. The molecule has 11 heteroatoms. The lowest BCUT2D eigenvalue weighted by atomic mass is 9.85. The maximum absolute atomic E-state index is 15.0. The quantitative estimate of drug-likeness (QED) is 0.106. The molecule has 1 aliphatic heterocycles. The van der Waals surface area contributed by atoms with E-state index in [0.29, 0.717) is 42.5 Å². The molecule has 1 N–H and O–H groups in total. The number of benzene rings is 4. The predicted octanol–water partition coefficient (Wildman–Crippen LogP) is 9.58. The van der Waals surface area contributed by atoms with Gasteiger partial charge in [0.25, 0.3) is 0 Å². The highest BCUT2D eigenvalue weighted by atomic mass is 19.3. The van der Waals surface area contributed by atoms with Crippen LogP contribution < -0.4 is 4.74 Å². The maximum Gasteiger partial charge on any atom is 0.429 e. The van der Waals surface area contributed by atoms with Gasteiger partial charge in [-0.1, -0.05) is 63.4 Å². The third-order valence-electron chi connectivity index (χ3n) is 7.96. The second kappa shape index (κ2) is 13.1. The topological polar surface area (TPSA) is 47.9 Å². The van der Waals surface area contributed by atoms with Crippen molar-refractivity contribution in [1.82, 2.24) is 0 Å². The van der Waals surface area contributed by atoms with E-state index in [1.165, 1.54) is 18.2 Å². The molecule has 4 nitrogen and oxygen atoms in total. The van der Waals surface area contributed by atoms with Crippen molar-refractivity contribution in [2.45, 2.75) is 51.6 Å². The van der Waals surface area contributed by atoms with Crippen LogP contribution in [0.4, 0.5) is 30.7 Å². The minimum Gasteiger partial charge on any atom is -0.429 e. The first-order valence-electron chi connectivity index (χ1n) is 14.7. The number of ether oxygens (including phenoxy) is 3. The Morgan fingerprint density at radius 2 is 1.35 bits per heavy atom. The van der Waals surface area contributed by atoms with Crippen molar-refractivity contribution in [3.8, 4) is 28.0 Å². The monoisotopic (exact) mass is 648 g/mol. The fraction of sp³-hybridized carbons (Fsp3) is 0.314. The van der Waals surface area contributed by atoms with E-state index in [-0.39, 0.29) is 16.5 Å². The lowest BCUT2D eigenvalue weighted by Crippen LogP contribution is -2.46. The Bertz CT molecular complexity index is 1680. The van der Waals surface area contributed by atoms with E-state index in [9.17, 15) is 22.7 Å². The molecule has 0 saturated carbocycles. The number of aliphatic hydroxyl groups is 1. The smallest absolute Gasteiger partial charge is 0.429 e. The van der Waals surface area contributed by atoms with Gasteiger partial charge in [-0.25, -0.2) is 22.0 Å². The largest absolute Gasteiger partial charge is 0.429 e. The van der Waals surface area contributed by atoms with Crippen LogP contribution in [0.2, 0.25) is 0 Å². The van der Waals surface area contributed by atoms with E-state index in [1.807, 2.05) is 6.92 Å². The van der Waals surface area contributed by atoms with Gasteiger partial charge in [0.15, 0.2) is 17.5 Å². The van der Waals surface area contributed by atoms with Crippen molar-refractivity contribution in [1.29, 1.82) is 0 Å². The van der Waals surface area contributed by atoms with E-state index < -0.39 is 58.0 Å². The summed E-state index contributed by atoms with van der Waals surface area (Å²) in [5.74, 6) is -9.99. The van der Waals surface area contributed by atoms with Crippen molar-refractivity contribution in [2.75, 3.05) is 13.2 Å². The number of alkyl halides is 2. The van der Waals surface area contributed by atoms with Crippen LogP contribution in [-0.4, -0.2) is 18.3 Å². The molecule has 1 aliphatic rings. The van der Waals surface area contributed by atoms with Gasteiger partial charge >= 0.3 is 12.1 Å². The average Bonchev–Trinajstić information content (AvgIpc) is 3.01. The van der Waals surface area contributed by atoms with E-state index in [0.717, 1.165) is 49.9 Å². The molecule has 5 rings (SSSR count). The molecule has 1 saturated heterocycles. The van der Waals surface area contributed by atoms with E-state index in [1.54, 1.807) is 12.1 Å². The van der Waals surface area contributed by atoms with Gasteiger partial charge in [0, 0.05) is 22.6 Å². The first-order chi connectivity index (χ1) is 21.7. The van der Waals surface area contributed by atoms with Crippen LogP contribution in [0.3, 0.4) is 0 Å². The zero-order chi connectivity index (χ0) is 33.3. The van der Waals surface area contributed by atoms with Gasteiger partial charge in [-0.15, -0.1) is 0 Å². The van der Waals surface area contributed by atoms with Crippen molar-refractivity contribution >= 4 is 0 Å². The summed E-state index contributed by atoms with van der Waals surface area (Å²) in [4.78, 5) is 0. The van der Waals surface area contributed by atoms with Crippen molar-refractivity contribution in [3.05, 3.63) is 113 Å². The molecule has 0 amide bonds. The Morgan fingerprint density at radius 1 is 0.739 bits per heavy atom. The van der Waals surface area contributed by atoms with Crippen molar-refractivity contribution in [3.63, 3.8) is 0 Å². The molecule has 1 fully saturated rings. The number of halogens is 7. The SMILES string of the molecule is CCCCCC1(C)COC(O)(c2ccc(-c3ccc(C(F)(F)Oc4ccc(-c5cc(F)c(F)c(F)c5)c(F)c4)c(F)c3)cc2)OC1. The molecule has 0 aliphatic carbocycles. The Hall–Kier alpha value is -3.93. The Labute approximate surface area is 261 Å². The van der Waals surface area contributed by atoms with Crippen LogP contribution in [0.5, 0.6) is 5.75 Å². The number of hydrogen-bond acceptors (Lipinski definition) is 4. The summed E-state index contributed by atoms with van der Waals surface area (Å²) >= 11 is 0. The minimum atomic E-state index is -4.24. The van der Waals surface area contributed by atoms with Crippen LogP contribution >= 0.6 is 0 Å². The Balaban J connectivity index is 1.27. The molecule has 4 aromatic rings. The molecule has 1 heterocycles. The molecule has 244 valence electrons. The van der Waals surface area contributed by atoms with Crippen molar-refractivity contribution in [2.24, 2.45) is 5.41 Å². The van der Waals surface area contributed by atoms with Crippen molar-refractivity contribution < 1.29 is 50.1 Å². The summed E-state index contributed by atoms with van der Waals surface area (Å²) < 4.78 is 116. The Morgan fingerprint density at radius 3 is 1.93 bits per heavy atom. The van der Waals surface area contributed by atoms with Crippen LogP contribution in [0.25, 0.3) is 22.3 Å². The molecule has 46 heavy (non-hydrogen) atoms. The van der Waals surface area contributed by atoms with E-state index in [4.69, 9.17) is 9.47 Å². The lowest BCUT2D eigenvalue weighted by Gasteiger charge is -2.42. The molecule has 0 spiro atoms. The fourth-order valence-electron chi connectivity index (χ4n) is 5.25. The van der Waals surface area contributed by atoms with E-state index in [2.05, 4.69) is 11.7 Å². The van der Waals surface area contributed by atoms with Crippen LogP contribution in [-0.2, 0) is 21.6 Å². The summed E-state index contributed by atoms with van der Waals surface area (Å²) in [7, 11) is 0. The Kier molecular flexibility index (Phi) is 9.49. The molecule has 0 unspecified atom stereocenters. The van der Waals surface area contributed by atoms with Crippen LogP contribution in [0, 0.1) is 34.5 Å². The highest BCUT2D eigenvalue weighted by Gasteiger charge is 2.42. The molecular formula is C35H31F7O4. The fourth-order valence-corrected chi connectivity index (χ4v) is 5.25. The molecular weight excluding hydrogens is 617 g/mol.